The molecule has 0 spiro atoms. The van der Waals surface area contributed by atoms with Crippen LogP contribution in [0.15, 0.2) is 4.99 Å². The van der Waals surface area contributed by atoms with Crippen LogP contribution in [0.1, 0.15) is 45.4 Å². The predicted octanol–water partition coefficient (Wildman–Crippen LogP) is 2.64. The Morgan fingerprint density at radius 1 is 1.38 bits per heavy atom. The topological polar surface area (TPSA) is 45.6 Å². The average molecular weight is 314 g/mol. The van der Waals surface area contributed by atoms with Gasteiger partial charge in [0, 0.05) is 38.1 Å². The van der Waals surface area contributed by atoms with Crippen LogP contribution >= 0.6 is 11.8 Å². The lowest BCUT2D eigenvalue weighted by molar-refractivity contribution is 0.128. The normalized spacial score (nSPS) is 27.7. The molecule has 0 heterocycles. The molecular formula is C16H31N3OS. The number of nitrogens with zero attached hydrogens (tertiary/aromatic N) is 1. The van der Waals surface area contributed by atoms with Crippen LogP contribution < -0.4 is 10.6 Å². The molecule has 0 aromatic heterocycles. The Labute approximate surface area is 133 Å². The summed E-state index contributed by atoms with van der Waals surface area (Å²) in [6, 6.07) is 0.590. The highest BCUT2D eigenvalue weighted by atomic mass is 32.2. The van der Waals surface area contributed by atoms with Gasteiger partial charge >= 0.3 is 0 Å². The molecule has 0 aromatic rings. The maximum atomic E-state index is 5.50. The lowest BCUT2D eigenvalue weighted by atomic mass is 10.0. The summed E-state index contributed by atoms with van der Waals surface area (Å²) in [7, 11) is 1.87. The van der Waals surface area contributed by atoms with Gasteiger partial charge in [0.25, 0.3) is 0 Å². The highest BCUT2D eigenvalue weighted by molar-refractivity contribution is 7.99. The molecule has 0 bridgehead atoms. The molecule has 2 saturated carbocycles. The number of thioether (sulfide) groups is 1. The summed E-state index contributed by atoms with van der Waals surface area (Å²) in [4.78, 5) is 4.39. The summed E-state index contributed by atoms with van der Waals surface area (Å²) in [5, 5.41) is 7.95. The van der Waals surface area contributed by atoms with E-state index < -0.39 is 0 Å². The van der Waals surface area contributed by atoms with E-state index >= 15 is 0 Å². The molecule has 122 valence electrons. The first-order valence-corrected chi connectivity index (χ1v) is 9.58. The fourth-order valence-corrected chi connectivity index (χ4v) is 3.87. The molecule has 0 aromatic carbocycles. The summed E-state index contributed by atoms with van der Waals surface area (Å²) in [6.45, 7) is 4.80. The molecule has 2 unspecified atom stereocenters. The van der Waals surface area contributed by atoms with Crippen molar-refractivity contribution in [1.82, 2.24) is 10.6 Å². The van der Waals surface area contributed by atoms with Gasteiger partial charge in [0.1, 0.15) is 0 Å². The van der Waals surface area contributed by atoms with Crippen molar-refractivity contribution in [2.45, 2.75) is 56.7 Å². The van der Waals surface area contributed by atoms with E-state index in [-0.39, 0.29) is 0 Å². The van der Waals surface area contributed by atoms with Gasteiger partial charge in [0.05, 0.1) is 0 Å². The van der Waals surface area contributed by atoms with Crippen molar-refractivity contribution in [2.75, 3.05) is 33.1 Å². The maximum absolute atomic E-state index is 5.50. The smallest absolute Gasteiger partial charge is 0.191 e. The first-order chi connectivity index (χ1) is 10.2. The molecule has 2 rings (SSSR count). The lowest BCUT2D eigenvalue weighted by Gasteiger charge is -2.21. The Morgan fingerprint density at radius 2 is 2.19 bits per heavy atom. The van der Waals surface area contributed by atoms with Gasteiger partial charge in [-0.25, -0.2) is 0 Å². The molecule has 0 aliphatic heterocycles. The second-order valence-electron chi connectivity index (χ2n) is 6.38. The minimum atomic E-state index is 0.463. The number of hydrogen-bond donors (Lipinski definition) is 2. The monoisotopic (exact) mass is 313 g/mol. The number of guanidine groups is 1. The third kappa shape index (κ3) is 5.37. The Kier molecular flexibility index (Phi) is 6.68. The Morgan fingerprint density at radius 3 is 2.76 bits per heavy atom. The van der Waals surface area contributed by atoms with Gasteiger partial charge in [0.2, 0.25) is 0 Å². The molecule has 0 radical (unpaired) electrons. The Hall–Kier alpha value is -0.420. The molecule has 5 heteroatoms. The van der Waals surface area contributed by atoms with Crippen LogP contribution in [-0.4, -0.2) is 50.3 Å². The van der Waals surface area contributed by atoms with Crippen molar-refractivity contribution in [3.63, 3.8) is 0 Å². The lowest BCUT2D eigenvalue weighted by Crippen LogP contribution is -2.44. The van der Waals surface area contributed by atoms with Gasteiger partial charge in [-0.15, -0.1) is 0 Å². The van der Waals surface area contributed by atoms with Crippen LogP contribution in [0.5, 0.6) is 0 Å². The largest absolute Gasteiger partial charge is 0.382 e. The Bertz CT molecular complexity index is 344. The second kappa shape index (κ2) is 8.28. The van der Waals surface area contributed by atoms with E-state index in [0.717, 1.165) is 31.0 Å². The fourth-order valence-electron chi connectivity index (χ4n) is 3.07. The molecule has 2 aliphatic carbocycles. The number of ether oxygens (including phenoxy) is 1. The van der Waals surface area contributed by atoms with Crippen molar-refractivity contribution in [2.24, 2.45) is 10.4 Å². The minimum absolute atomic E-state index is 0.463. The van der Waals surface area contributed by atoms with E-state index in [1.165, 1.54) is 38.5 Å². The zero-order chi connectivity index (χ0) is 15.1. The van der Waals surface area contributed by atoms with Gasteiger partial charge in [-0.05, 0) is 57.1 Å². The van der Waals surface area contributed by atoms with Crippen LogP contribution in [0.2, 0.25) is 0 Å². The number of rotatable bonds is 8. The highest BCUT2D eigenvalue weighted by Crippen LogP contribution is 2.48. The van der Waals surface area contributed by atoms with Crippen LogP contribution in [-0.2, 0) is 4.74 Å². The van der Waals surface area contributed by atoms with Crippen molar-refractivity contribution in [3.8, 4) is 0 Å². The zero-order valence-electron chi connectivity index (χ0n) is 13.8. The van der Waals surface area contributed by atoms with Crippen molar-refractivity contribution >= 4 is 17.7 Å². The zero-order valence-corrected chi connectivity index (χ0v) is 14.6. The van der Waals surface area contributed by atoms with Crippen molar-refractivity contribution in [3.05, 3.63) is 0 Å². The average Bonchev–Trinajstić information content (AvgIpc) is 3.12. The molecule has 2 fully saturated rings. The third-order valence-electron chi connectivity index (χ3n) is 4.85. The van der Waals surface area contributed by atoms with E-state index in [1.54, 1.807) is 0 Å². The number of nitrogens with one attached hydrogen (secondary N) is 2. The van der Waals surface area contributed by atoms with Crippen LogP contribution in [0.3, 0.4) is 0 Å². The van der Waals surface area contributed by atoms with Crippen LogP contribution in [0, 0.1) is 5.41 Å². The first-order valence-electron chi connectivity index (χ1n) is 8.29. The molecule has 2 N–H and O–H groups in total. The summed E-state index contributed by atoms with van der Waals surface area (Å²) in [5.74, 6) is 0.976. The SMILES string of the molecule is CCOCCC1(CNC(=NC)NC2CCC(SC)C2)CC1. The molecule has 21 heavy (non-hydrogen) atoms. The van der Waals surface area contributed by atoms with E-state index in [4.69, 9.17) is 4.74 Å². The molecular weight excluding hydrogens is 282 g/mol. The molecule has 2 aliphatic rings. The minimum Gasteiger partial charge on any atom is -0.382 e. The third-order valence-corrected chi connectivity index (χ3v) is 5.95. The molecule has 0 saturated heterocycles. The first kappa shape index (κ1) is 16.9. The van der Waals surface area contributed by atoms with Crippen LogP contribution in [0.4, 0.5) is 0 Å². The van der Waals surface area contributed by atoms with E-state index in [1.807, 2.05) is 18.8 Å². The maximum Gasteiger partial charge on any atom is 0.191 e. The summed E-state index contributed by atoms with van der Waals surface area (Å²) in [5.41, 5.74) is 0.463. The molecule has 0 amide bonds. The molecule has 4 nitrogen and oxygen atoms in total. The van der Waals surface area contributed by atoms with E-state index in [0.29, 0.717) is 11.5 Å². The van der Waals surface area contributed by atoms with Gasteiger partial charge in [-0.3, -0.25) is 4.99 Å². The van der Waals surface area contributed by atoms with Gasteiger partial charge in [0.15, 0.2) is 5.96 Å². The van der Waals surface area contributed by atoms with Gasteiger partial charge in [-0.2, -0.15) is 11.8 Å². The van der Waals surface area contributed by atoms with Crippen molar-refractivity contribution in [1.29, 1.82) is 0 Å². The molecule has 2 atom stereocenters. The Balaban J connectivity index is 1.68. The van der Waals surface area contributed by atoms with E-state index in [9.17, 15) is 0 Å². The van der Waals surface area contributed by atoms with Crippen LogP contribution in [0.25, 0.3) is 0 Å². The summed E-state index contributed by atoms with van der Waals surface area (Å²) in [6.07, 6.45) is 9.88. The quantitative estimate of drug-likeness (QED) is 0.411. The summed E-state index contributed by atoms with van der Waals surface area (Å²) < 4.78 is 5.50. The standard InChI is InChI=1S/C16H31N3OS/c1-4-20-10-9-16(7-8-16)12-18-15(17-2)19-13-5-6-14(11-13)21-3/h13-14H,4-12H2,1-3H3,(H2,17,18,19). The van der Waals surface area contributed by atoms with Gasteiger partial charge < -0.3 is 15.4 Å². The van der Waals surface area contributed by atoms with Crippen molar-refractivity contribution < 1.29 is 4.74 Å². The van der Waals surface area contributed by atoms with Gasteiger partial charge in [-0.1, -0.05) is 0 Å². The fraction of sp³-hybridized carbons (Fsp3) is 0.938. The number of hydrogen-bond acceptors (Lipinski definition) is 3. The second-order valence-corrected chi connectivity index (χ2v) is 7.52. The highest BCUT2D eigenvalue weighted by Gasteiger charge is 2.42. The summed E-state index contributed by atoms with van der Waals surface area (Å²) >= 11 is 2.00. The predicted molar refractivity (Wildman–Crippen MR) is 92.2 cm³/mol. The van der Waals surface area contributed by atoms with E-state index in [2.05, 4.69) is 28.8 Å². The number of aliphatic imine (C=N–C) groups is 1.